The lowest BCUT2D eigenvalue weighted by Crippen LogP contribution is -2.56. The van der Waals surface area contributed by atoms with Gasteiger partial charge in [0.2, 0.25) is 11.8 Å². The van der Waals surface area contributed by atoms with Crippen LogP contribution in [0.15, 0.2) is 30.6 Å². The minimum Gasteiger partial charge on any atom is -0.353 e. The van der Waals surface area contributed by atoms with Crippen molar-refractivity contribution in [2.24, 2.45) is 0 Å². The number of tetrazole rings is 1. The van der Waals surface area contributed by atoms with E-state index in [0.717, 1.165) is 5.69 Å². The molecule has 108 valence electrons. The molecule has 1 aliphatic heterocycles. The lowest BCUT2D eigenvalue weighted by Gasteiger charge is -2.23. The Hall–Kier alpha value is -2.81. The molecule has 9 heteroatoms. The Morgan fingerprint density at radius 3 is 3.05 bits per heavy atom. The summed E-state index contributed by atoms with van der Waals surface area (Å²) >= 11 is 0. The van der Waals surface area contributed by atoms with Gasteiger partial charge in [0.1, 0.15) is 12.4 Å². The summed E-state index contributed by atoms with van der Waals surface area (Å²) in [5.41, 5.74) is 1.37. The van der Waals surface area contributed by atoms with Crippen molar-refractivity contribution in [3.05, 3.63) is 30.6 Å². The van der Waals surface area contributed by atoms with Crippen molar-refractivity contribution in [3.8, 4) is 5.69 Å². The molecule has 1 aliphatic rings. The van der Waals surface area contributed by atoms with Gasteiger partial charge >= 0.3 is 0 Å². The maximum atomic E-state index is 12.1. The summed E-state index contributed by atoms with van der Waals surface area (Å²) < 4.78 is 1.49. The summed E-state index contributed by atoms with van der Waals surface area (Å²) in [6, 6.07) is 6.70. The number of aromatic nitrogens is 4. The second-order valence-corrected chi connectivity index (χ2v) is 4.53. The molecule has 0 spiro atoms. The van der Waals surface area contributed by atoms with E-state index in [1.165, 1.54) is 11.0 Å². The number of nitrogens with one attached hydrogen (secondary N) is 3. The van der Waals surface area contributed by atoms with Crippen LogP contribution < -0.4 is 16.0 Å². The topological polar surface area (TPSA) is 114 Å². The van der Waals surface area contributed by atoms with Gasteiger partial charge in [-0.1, -0.05) is 6.07 Å². The molecule has 2 heterocycles. The summed E-state index contributed by atoms with van der Waals surface area (Å²) in [5.74, 6) is -0.316. The van der Waals surface area contributed by atoms with Crippen molar-refractivity contribution >= 4 is 17.5 Å². The summed E-state index contributed by atoms with van der Waals surface area (Å²) in [4.78, 5) is 23.1. The Bertz CT molecular complexity index is 645. The molecule has 1 atom stereocenters. The lowest BCUT2D eigenvalue weighted by molar-refractivity contribution is -0.124. The zero-order valence-electron chi connectivity index (χ0n) is 11.0. The SMILES string of the molecule is O=C1CNC(C(=O)Nc2cccc(-n3cnnn3)c2)CN1. The third-order valence-electron chi connectivity index (χ3n) is 3.06. The van der Waals surface area contributed by atoms with Crippen LogP contribution in [0.2, 0.25) is 0 Å². The minimum atomic E-state index is -0.445. The smallest absolute Gasteiger partial charge is 0.243 e. The van der Waals surface area contributed by atoms with Crippen LogP contribution in [0.25, 0.3) is 5.69 Å². The fourth-order valence-corrected chi connectivity index (χ4v) is 1.99. The summed E-state index contributed by atoms with van der Waals surface area (Å²) in [5, 5.41) is 19.2. The van der Waals surface area contributed by atoms with E-state index in [0.29, 0.717) is 5.69 Å². The van der Waals surface area contributed by atoms with Crippen LogP contribution in [0, 0.1) is 0 Å². The predicted molar refractivity (Wildman–Crippen MR) is 72.6 cm³/mol. The van der Waals surface area contributed by atoms with E-state index in [1.807, 2.05) is 6.07 Å². The van der Waals surface area contributed by atoms with Gasteiger partial charge in [0.25, 0.3) is 0 Å². The zero-order chi connectivity index (χ0) is 14.7. The highest BCUT2D eigenvalue weighted by molar-refractivity contribution is 5.96. The Morgan fingerprint density at radius 2 is 2.33 bits per heavy atom. The number of benzene rings is 1. The van der Waals surface area contributed by atoms with Crippen LogP contribution in [-0.4, -0.2) is 51.2 Å². The first kappa shape index (κ1) is 13.2. The summed E-state index contributed by atoms with van der Waals surface area (Å²) in [7, 11) is 0. The van der Waals surface area contributed by atoms with E-state index >= 15 is 0 Å². The average Bonchev–Trinajstić information content (AvgIpc) is 3.02. The Balaban J connectivity index is 1.69. The van der Waals surface area contributed by atoms with E-state index < -0.39 is 6.04 Å². The molecule has 0 aliphatic carbocycles. The predicted octanol–water partition coefficient (Wildman–Crippen LogP) is -1.31. The van der Waals surface area contributed by atoms with Crippen LogP contribution in [0.1, 0.15) is 0 Å². The molecule has 0 saturated carbocycles. The normalized spacial score (nSPS) is 18.1. The van der Waals surface area contributed by atoms with Crippen LogP contribution in [-0.2, 0) is 9.59 Å². The van der Waals surface area contributed by atoms with E-state index in [-0.39, 0.29) is 24.9 Å². The minimum absolute atomic E-state index is 0.111. The van der Waals surface area contributed by atoms with Crippen LogP contribution in [0.5, 0.6) is 0 Å². The van der Waals surface area contributed by atoms with Crippen molar-refractivity contribution in [1.82, 2.24) is 30.8 Å². The molecule has 9 nitrogen and oxygen atoms in total. The fraction of sp³-hybridized carbons (Fsp3) is 0.250. The molecule has 1 saturated heterocycles. The van der Waals surface area contributed by atoms with Gasteiger partial charge in [0.15, 0.2) is 0 Å². The highest BCUT2D eigenvalue weighted by Gasteiger charge is 2.23. The quantitative estimate of drug-likeness (QED) is 0.646. The van der Waals surface area contributed by atoms with E-state index in [2.05, 4.69) is 31.5 Å². The number of rotatable bonds is 3. The van der Waals surface area contributed by atoms with Crippen molar-refractivity contribution in [2.75, 3.05) is 18.4 Å². The number of carbonyl (C=O) groups excluding carboxylic acids is 2. The molecule has 21 heavy (non-hydrogen) atoms. The van der Waals surface area contributed by atoms with Gasteiger partial charge in [0, 0.05) is 12.2 Å². The van der Waals surface area contributed by atoms with Crippen molar-refractivity contribution in [1.29, 1.82) is 0 Å². The first-order valence-electron chi connectivity index (χ1n) is 6.37. The number of carbonyl (C=O) groups is 2. The third kappa shape index (κ3) is 3.03. The highest BCUT2D eigenvalue weighted by Crippen LogP contribution is 2.13. The largest absolute Gasteiger partial charge is 0.353 e. The Labute approximate surface area is 119 Å². The average molecular weight is 287 g/mol. The molecule has 0 radical (unpaired) electrons. The molecular weight excluding hydrogens is 274 g/mol. The van der Waals surface area contributed by atoms with Gasteiger partial charge in [0.05, 0.1) is 12.2 Å². The molecule has 0 bridgehead atoms. The molecule has 1 fully saturated rings. The second kappa shape index (κ2) is 5.67. The Kier molecular flexibility index (Phi) is 3.56. The molecule has 3 N–H and O–H groups in total. The molecule has 3 rings (SSSR count). The maximum Gasteiger partial charge on any atom is 0.243 e. The molecule has 2 amide bonds. The van der Waals surface area contributed by atoms with Crippen LogP contribution in [0.4, 0.5) is 5.69 Å². The first-order valence-corrected chi connectivity index (χ1v) is 6.37. The highest BCUT2D eigenvalue weighted by atomic mass is 16.2. The van der Waals surface area contributed by atoms with Gasteiger partial charge < -0.3 is 10.6 Å². The van der Waals surface area contributed by atoms with E-state index in [4.69, 9.17) is 0 Å². The van der Waals surface area contributed by atoms with Crippen molar-refractivity contribution in [3.63, 3.8) is 0 Å². The van der Waals surface area contributed by atoms with E-state index in [1.54, 1.807) is 18.2 Å². The lowest BCUT2D eigenvalue weighted by atomic mass is 10.2. The number of anilines is 1. The maximum absolute atomic E-state index is 12.1. The van der Waals surface area contributed by atoms with E-state index in [9.17, 15) is 9.59 Å². The molecule has 2 aromatic rings. The summed E-state index contributed by atoms with van der Waals surface area (Å²) in [6.07, 6.45) is 1.47. The number of piperazine rings is 1. The van der Waals surface area contributed by atoms with Gasteiger partial charge in [-0.05, 0) is 28.6 Å². The first-order chi connectivity index (χ1) is 10.2. The second-order valence-electron chi connectivity index (χ2n) is 4.53. The molecule has 1 aromatic carbocycles. The monoisotopic (exact) mass is 287 g/mol. The zero-order valence-corrected chi connectivity index (χ0v) is 11.0. The van der Waals surface area contributed by atoms with Crippen LogP contribution >= 0.6 is 0 Å². The summed E-state index contributed by atoms with van der Waals surface area (Å²) in [6.45, 7) is 0.417. The standard InChI is InChI=1S/C12H13N7O2/c20-11-6-13-10(5-14-11)12(21)16-8-2-1-3-9(4-8)19-7-15-17-18-19/h1-4,7,10,13H,5-6H2,(H,14,20)(H,16,21). The third-order valence-corrected chi connectivity index (χ3v) is 3.06. The van der Waals surface area contributed by atoms with Crippen molar-refractivity contribution in [2.45, 2.75) is 6.04 Å². The van der Waals surface area contributed by atoms with Gasteiger partial charge in [-0.3, -0.25) is 14.9 Å². The number of hydrogen-bond acceptors (Lipinski definition) is 6. The van der Waals surface area contributed by atoms with Gasteiger partial charge in [-0.2, -0.15) is 0 Å². The molecule has 1 unspecified atom stereocenters. The van der Waals surface area contributed by atoms with Gasteiger partial charge in [-0.25, -0.2) is 4.68 Å². The fourth-order valence-electron chi connectivity index (χ4n) is 1.99. The number of nitrogens with zero attached hydrogens (tertiary/aromatic N) is 4. The van der Waals surface area contributed by atoms with Crippen molar-refractivity contribution < 1.29 is 9.59 Å². The van der Waals surface area contributed by atoms with Crippen LogP contribution in [0.3, 0.4) is 0 Å². The molecular formula is C12H13N7O2. The van der Waals surface area contributed by atoms with Gasteiger partial charge in [-0.15, -0.1) is 5.10 Å². The number of hydrogen-bond donors (Lipinski definition) is 3. The molecule has 1 aromatic heterocycles. The number of amides is 2. The Morgan fingerprint density at radius 1 is 1.43 bits per heavy atom.